The zero-order valence-electron chi connectivity index (χ0n) is 16.0. The van der Waals surface area contributed by atoms with Crippen molar-refractivity contribution in [3.05, 3.63) is 83.7 Å². The SMILES string of the molecule is O=C(NCc1ccc(Cn2cccc2C(=O)O)cc1)Nc1ccc(OC(F)(F)F)cc1. The highest BCUT2D eigenvalue weighted by Crippen LogP contribution is 2.23. The van der Waals surface area contributed by atoms with E-state index in [9.17, 15) is 22.8 Å². The molecule has 10 heteroatoms. The predicted molar refractivity (Wildman–Crippen MR) is 106 cm³/mol. The molecule has 0 aliphatic rings. The van der Waals surface area contributed by atoms with E-state index in [0.717, 1.165) is 23.3 Å². The third kappa shape index (κ3) is 6.53. The summed E-state index contributed by atoms with van der Waals surface area (Å²) in [6.45, 7) is 0.627. The number of ether oxygens (including phenoxy) is 1. The molecule has 2 amide bonds. The van der Waals surface area contributed by atoms with Crippen LogP contribution < -0.4 is 15.4 Å². The van der Waals surface area contributed by atoms with Crippen molar-refractivity contribution in [2.45, 2.75) is 19.5 Å². The summed E-state index contributed by atoms with van der Waals surface area (Å²) in [7, 11) is 0. The quantitative estimate of drug-likeness (QED) is 0.513. The van der Waals surface area contributed by atoms with Crippen molar-refractivity contribution in [3.8, 4) is 5.75 Å². The van der Waals surface area contributed by atoms with Gasteiger partial charge in [-0.3, -0.25) is 0 Å². The first-order valence-corrected chi connectivity index (χ1v) is 9.06. The maximum atomic E-state index is 12.2. The van der Waals surface area contributed by atoms with Gasteiger partial charge in [0, 0.05) is 25.0 Å². The third-order valence-corrected chi connectivity index (χ3v) is 4.22. The van der Waals surface area contributed by atoms with E-state index in [1.54, 1.807) is 16.8 Å². The van der Waals surface area contributed by atoms with Gasteiger partial charge in [0.05, 0.1) is 0 Å². The Balaban J connectivity index is 1.49. The molecule has 0 aliphatic carbocycles. The molecule has 0 fully saturated rings. The van der Waals surface area contributed by atoms with Crippen molar-refractivity contribution in [2.24, 2.45) is 0 Å². The summed E-state index contributed by atoms with van der Waals surface area (Å²) in [6.07, 6.45) is -3.09. The van der Waals surface area contributed by atoms with Gasteiger partial charge >= 0.3 is 18.4 Å². The van der Waals surface area contributed by atoms with E-state index in [2.05, 4.69) is 15.4 Å². The highest BCUT2D eigenvalue weighted by atomic mass is 19.4. The minimum Gasteiger partial charge on any atom is -0.477 e. The van der Waals surface area contributed by atoms with Crippen LogP contribution in [-0.2, 0) is 13.1 Å². The lowest BCUT2D eigenvalue weighted by atomic mass is 10.1. The smallest absolute Gasteiger partial charge is 0.477 e. The van der Waals surface area contributed by atoms with Crippen LogP contribution in [0, 0.1) is 0 Å². The number of nitrogens with zero attached hydrogens (tertiary/aromatic N) is 1. The number of aromatic carboxylic acids is 1. The van der Waals surface area contributed by atoms with Gasteiger partial charge in [-0.15, -0.1) is 13.2 Å². The molecule has 3 N–H and O–H groups in total. The molecule has 0 bridgehead atoms. The molecule has 0 radical (unpaired) electrons. The lowest BCUT2D eigenvalue weighted by molar-refractivity contribution is -0.274. The number of nitrogens with one attached hydrogen (secondary N) is 2. The van der Waals surface area contributed by atoms with Crippen LogP contribution in [0.3, 0.4) is 0 Å². The van der Waals surface area contributed by atoms with E-state index < -0.39 is 18.4 Å². The lowest BCUT2D eigenvalue weighted by Crippen LogP contribution is -2.28. The van der Waals surface area contributed by atoms with Gasteiger partial charge in [0.15, 0.2) is 0 Å². The van der Waals surface area contributed by atoms with E-state index >= 15 is 0 Å². The number of carboxylic acid groups (broad SMARTS) is 1. The Bertz CT molecular complexity index is 1040. The number of rotatable bonds is 7. The van der Waals surface area contributed by atoms with E-state index in [4.69, 9.17) is 5.11 Å². The van der Waals surface area contributed by atoms with Crippen LogP contribution in [0.25, 0.3) is 0 Å². The van der Waals surface area contributed by atoms with Gasteiger partial charge in [0.25, 0.3) is 0 Å². The molecule has 0 saturated carbocycles. The van der Waals surface area contributed by atoms with Crippen LogP contribution in [0.15, 0.2) is 66.9 Å². The molecule has 162 valence electrons. The van der Waals surface area contributed by atoms with E-state index in [1.165, 1.54) is 18.2 Å². The van der Waals surface area contributed by atoms with Crippen LogP contribution >= 0.6 is 0 Å². The fourth-order valence-electron chi connectivity index (χ4n) is 2.80. The van der Waals surface area contributed by atoms with Crippen LogP contribution in [0.5, 0.6) is 5.75 Å². The first-order chi connectivity index (χ1) is 14.7. The molecule has 31 heavy (non-hydrogen) atoms. The van der Waals surface area contributed by atoms with Crippen molar-refractivity contribution in [1.29, 1.82) is 0 Å². The number of carboxylic acids is 1. The maximum absolute atomic E-state index is 12.2. The summed E-state index contributed by atoms with van der Waals surface area (Å²) in [5.74, 6) is -1.38. The molecule has 0 saturated heterocycles. The fraction of sp³-hybridized carbons (Fsp3) is 0.143. The van der Waals surface area contributed by atoms with E-state index in [1.807, 2.05) is 24.3 Å². The molecule has 0 spiro atoms. The Morgan fingerprint density at radius 2 is 1.61 bits per heavy atom. The van der Waals surface area contributed by atoms with Gasteiger partial charge in [-0.1, -0.05) is 24.3 Å². The van der Waals surface area contributed by atoms with Crippen LogP contribution in [0.1, 0.15) is 21.6 Å². The number of halogens is 3. The number of alkyl halides is 3. The van der Waals surface area contributed by atoms with Crippen molar-refractivity contribution in [1.82, 2.24) is 9.88 Å². The average Bonchev–Trinajstić information content (AvgIpc) is 3.16. The Morgan fingerprint density at radius 1 is 0.968 bits per heavy atom. The topological polar surface area (TPSA) is 92.6 Å². The second-order valence-electron chi connectivity index (χ2n) is 6.52. The van der Waals surface area contributed by atoms with Crippen LogP contribution in [0.2, 0.25) is 0 Å². The molecule has 1 aromatic heterocycles. The summed E-state index contributed by atoms with van der Waals surface area (Å²) < 4.78 is 41.9. The summed E-state index contributed by atoms with van der Waals surface area (Å²) in [5, 5.41) is 14.3. The Labute approximate surface area is 175 Å². The minimum absolute atomic E-state index is 0.195. The van der Waals surface area contributed by atoms with Gasteiger partial charge in [-0.05, 0) is 47.5 Å². The zero-order valence-corrected chi connectivity index (χ0v) is 16.0. The standard InChI is InChI=1S/C21H18F3N3O4/c22-21(23,24)31-17-9-7-16(8-10-17)26-20(30)25-12-14-3-5-15(6-4-14)13-27-11-1-2-18(27)19(28)29/h1-11H,12-13H2,(H,28,29)(H2,25,26,30). The normalized spacial score (nSPS) is 11.1. The molecule has 0 atom stereocenters. The Hall–Kier alpha value is -3.95. The summed E-state index contributed by atoms with van der Waals surface area (Å²) in [4.78, 5) is 23.1. The number of anilines is 1. The Morgan fingerprint density at radius 3 is 2.23 bits per heavy atom. The molecule has 3 aromatic rings. The monoisotopic (exact) mass is 433 g/mol. The molecule has 0 aliphatic heterocycles. The third-order valence-electron chi connectivity index (χ3n) is 4.22. The van der Waals surface area contributed by atoms with E-state index in [-0.39, 0.29) is 18.0 Å². The Kier molecular flexibility index (Phi) is 6.49. The fourth-order valence-corrected chi connectivity index (χ4v) is 2.80. The second kappa shape index (κ2) is 9.24. The minimum atomic E-state index is -4.78. The second-order valence-corrected chi connectivity index (χ2v) is 6.52. The van der Waals surface area contributed by atoms with Gasteiger partial charge in [0.1, 0.15) is 11.4 Å². The molecular formula is C21H18F3N3O4. The number of hydrogen-bond acceptors (Lipinski definition) is 3. The number of benzene rings is 2. The lowest BCUT2D eigenvalue weighted by Gasteiger charge is -2.11. The average molecular weight is 433 g/mol. The van der Waals surface area contributed by atoms with Gasteiger partial charge in [-0.25, -0.2) is 9.59 Å². The summed E-state index contributed by atoms with van der Waals surface area (Å²) in [5.41, 5.74) is 2.22. The first-order valence-electron chi connectivity index (χ1n) is 9.06. The summed E-state index contributed by atoms with van der Waals surface area (Å²) in [6, 6.07) is 14.7. The summed E-state index contributed by atoms with van der Waals surface area (Å²) >= 11 is 0. The predicted octanol–water partition coefficient (Wildman–Crippen LogP) is 4.45. The van der Waals surface area contributed by atoms with Gasteiger partial charge in [0.2, 0.25) is 0 Å². The molecular weight excluding hydrogens is 415 g/mol. The van der Waals surface area contributed by atoms with Crippen LogP contribution in [0.4, 0.5) is 23.7 Å². The largest absolute Gasteiger partial charge is 0.573 e. The van der Waals surface area contributed by atoms with Crippen molar-refractivity contribution < 1.29 is 32.6 Å². The van der Waals surface area contributed by atoms with Crippen LogP contribution in [-0.4, -0.2) is 28.0 Å². The van der Waals surface area contributed by atoms with E-state index in [0.29, 0.717) is 12.2 Å². The van der Waals surface area contributed by atoms with Gasteiger partial charge in [-0.2, -0.15) is 0 Å². The molecule has 0 unspecified atom stereocenters. The molecule has 2 aromatic carbocycles. The zero-order chi connectivity index (χ0) is 22.4. The van der Waals surface area contributed by atoms with Gasteiger partial charge < -0.3 is 25.0 Å². The molecule has 7 nitrogen and oxygen atoms in total. The number of amides is 2. The number of urea groups is 1. The molecule has 1 heterocycles. The number of carbonyl (C=O) groups excluding carboxylic acids is 1. The highest BCUT2D eigenvalue weighted by Gasteiger charge is 2.30. The molecule has 3 rings (SSSR count). The number of aromatic nitrogens is 1. The number of carbonyl (C=O) groups is 2. The van der Waals surface area contributed by atoms with Crippen molar-refractivity contribution in [3.63, 3.8) is 0 Å². The first kappa shape index (κ1) is 21.8. The van der Waals surface area contributed by atoms with Crippen molar-refractivity contribution >= 4 is 17.7 Å². The maximum Gasteiger partial charge on any atom is 0.573 e. The number of hydrogen-bond donors (Lipinski definition) is 3. The van der Waals surface area contributed by atoms with Crippen molar-refractivity contribution in [2.75, 3.05) is 5.32 Å². The highest BCUT2D eigenvalue weighted by molar-refractivity contribution is 5.89.